The van der Waals surface area contributed by atoms with Crippen molar-refractivity contribution in [3.63, 3.8) is 0 Å². The molecule has 1 heterocycles. The molecule has 0 radical (unpaired) electrons. The largest absolute Gasteiger partial charge is 0.424 e. The second-order valence-electron chi connectivity index (χ2n) is 3.97. The van der Waals surface area contributed by atoms with E-state index in [-0.39, 0.29) is 6.04 Å². The summed E-state index contributed by atoms with van der Waals surface area (Å²) in [5.41, 5.74) is 6.71. The second kappa shape index (κ2) is 5.41. The van der Waals surface area contributed by atoms with Gasteiger partial charge in [0, 0.05) is 18.4 Å². The zero-order valence-corrected chi connectivity index (χ0v) is 9.71. The van der Waals surface area contributed by atoms with Crippen molar-refractivity contribution in [2.75, 3.05) is 0 Å². The van der Waals surface area contributed by atoms with E-state index in [2.05, 4.69) is 9.97 Å². The van der Waals surface area contributed by atoms with Crippen molar-refractivity contribution in [2.45, 2.75) is 19.4 Å². The molecule has 0 aliphatic heterocycles. The molecule has 0 fully saturated rings. The van der Waals surface area contributed by atoms with Gasteiger partial charge in [0.25, 0.3) is 0 Å². The fourth-order valence-electron chi connectivity index (χ4n) is 1.47. The minimum Gasteiger partial charge on any atom is -0.424 e. The quantitative estimate of drug-likeness (QED) is 0.872. The molecule has 0 saturated heterocycles. The van der Waals surface area contributed by atoms with E-state index in [1.807, 2.05) is 37.3 Å². The molecular formula is C13H15N3O. The summed E-state index contributed by atoms with van der Waals surface area (Å²) >= 11 is 0. The number of hydrogen-bond acceptors (Lipinski definition) is 4. The summed E-state index contributed by atoms with van der Waals surface area (Å²) in [4.78, 5) is 8.28. The first-order valence-electron chi connectivity index (χ1n) is 5.53. The van der Waals surface area contributed by atoms with Crippen molar-refractivity contribution in [3.8, 4) is 11.8 Å². The number of benzene rings is 1. The van der Waals surface area contributed by atoms with Crippen molar-refractivity contribution in [1.82, 2.24) is 9.97 Å². The molecule has 0 amide bonds. The lowest BCUT2D eigenvalue weighted by Gasteiger charge is -2.06. The van der Waals surface area contributed by atoms with Gasteiger partial charge in [-0.2, -0.15) is 0 Å². The van der Waals surface area contributed by atoms with Gasteiger partial charge < -0.3 is 10.5 Å². The van der Waals surface area contributed by atoms with Gasteiger partial charge >= 0.3 is 6.01 Å². The molecule has 0 aliphatic carbocycles. The van der Waals surface area contributed by atoms with Gasteiger partial charge in [-0.1, -0.05) is 18.2 Å². The van der Waals surface area contributed by atoms with Crippen LogP contribution in [0.2, 0.25) is 0 Å². The SMILES string of the molecule is CC(N)Cc1cnc(Oc2ccccc2)nc1. The molecule has 2 rings (SSSR count). The number of nitrogens with two attached hydrogens (primary N) is 1. The molecule has 1 aromatic heterocycles. The summed E-state index contributed by atoms with van der Waals surface area (Å²) in [6, 6.07) is 9.92. The first-order valence-corrected chi connectivity index (χ1v) is 5.53. The Hall–Kier alpha value is -1.94. The molecule has 2 N–H and O–H groups in total. The highest BCUT2D eigenvalue weighted by atomic mass is 16.5. The predicted octanol–water partition coefficient (Wildman–Crippen LogP) is 2.16. The first kappa shape index (κ1) is 11.5. The van der Waals surface area contributed by atoms with Crippen LogP contribution in [0.5, 0.6) is 11.8 Å². The van der Waals surface area contributed by atoms with E-state index < -0.39 is 0 Å². The molecule has 88 valence electrons. The number of ether oxygens (including phenoxy) is 1. The number of para-hydroxylation sites is 1. The zero-order valence-electron chi connectivity index (χ0n) is 9.71. The van der Waals surface area contributed by atoms with Gasteiger partial charge in [0.2, 0.25) is 0 Å². The first-order chi connectivity index (χ1) is 8.24. The maximum absolute atomic E-state index is 5.70. The Labute approximate surface area is 100 Å². The molecule has 1 atom stereocenters. The number of hydrogen-bond donors (Lipinski definition) is 1. The maximum atomic E-state index is 5.70. The molecule has 2 aromatic rings. The van der Waals surface area contributed by atoms with Gasteiger partial charge in [0.1, 0.15) is 5.75 Å². The van der Waals surface area contributed by atoms with Gasteiger partial charge in [-0.25, -0.2) is 9.97 Å². The summed E-state index contributed by atoms with van der Waals surface area (Å²) in [7, 11) is 0. The van der Waals surface area contributed by atoms with Crippen LogP contribution >= 0.6 is 0 Å². The van der Waals surface area contributed by atoms with E-state index >= 15 is 0 Å². The highest BCUT2D eigenvalue weighted by molar-refractivity contribution is 5.24. The number of nitrogens with zero attached hydrogens (tertiary/aromatic N) is 2. The van der Waals surface area contributed by atoms with E-state index in [4.69, 9.17) is 10.5 Å². The number of aromatic nitrogens is 2. The molecule has 0 spiro atoms. The van der Waals surface area contributed by atoms with Crippen molar-refractivity contribution < 1.29 is 4.74 Å². The normalized spacial score (nSPS) is 12.1. The van der Waals surface area contributed by atoms with Crippen LogP contribution in [0.1, 0.15) is 12.5 Å². The standard InChI is InChI=1S/C13H15N3O/c1-10(14)7-11-8-15-13(16-9-11)17-12-5-3-2-4-6-12/h2-6,8-10H,7,14H2,1H3. The Morgan fingerprint density at radius 2 is 1.82 bits per heavy atom. The highest BCUT2D eigenvalue weighted by Gasteiger charge is 2.02. The Morgan fingerprint density at radius 1 is 1.18 bits per heavy atom. The summed E-state index contributed by atoms with van der Waals surface area (Å²) in [6.45, 7) is 1.95. The van der Waals surface area contributed by atoms with Crippen LogP contribution in [0.4, 0.5) is 0 Å². The third kappa shape index (κ3) is 3.53. The van der Waals surface area contributed by atoms with E-state index in [0.29, 0.717) is 6.01 Å². The molecule has 0 bridgehead atoms. The molecule has 0 saturated carbocycles. The lowest BCUT2D eigenvalue weighted by Crippen LogP contribution is -2.17. The Bertz CT molecular complexity index is 454. The zero-order chi connectivity index (χ0) is 12.1. The molecule has 1 aromatic carbocycles. The molecule has 17 heavy (non-hydrogen) atoms. The van der Waals surface area contributed by atoms with Crippen LogP contribution in [0.3, 0.4) is 0 Å². The smallest absolute Gasteiger partial charge is 0.321 e. The minimum atomic E-state index is 0.111. The molecule has 0 aliphatic rings. The molecule has 4 heteroatoms. The van der Waals surface area contributed by atoms with Gasteiger partial charge in [0.15, 0.2) is 0 Å². The van der Waals surface area contributed by atoms with Crippen molar-refractivity contribution >= 4 is 0 Å². The Kier molecular flexibility index (Phi) is 3.67. The summed E-state index contributed by atoms with van der Waals surface area (Å²) in [5.74, 6) is 0.729. The average molecular weight is 229 g/mol. The van der Waals surface area contributed by atoms with Crippen molar-refractivity contribution in [2.24, 2.45) is 5.73 Å². The van der Waals surface area contributed by atoms with Crippen LogP contribution in [-0.2, 0) is 6.42 Å². The third-order valence-electron chi connectivity index (χ3n) is 2.19. The van der Waals surface area contributed by atoms with Crippen molar-refractivity contribution in [3.05, 3.63) is 48.3 Å². The van der Waals surface area contributed by atoms with E-state index in [9.17, 15) is 0 Å². The third-order valence-corrected chi connectivity index (χ3v) is 2.19. The topological polar surface area (TPSA) is 61.0 Å². The summed E-state index contributed by atoms with van der Waals surface area (Å²) in [6.07, 6.45) is 4.26. The Morgan fingerprint density at radius 3 is 2.41 bits per heavy atom. The fraction of sp³-hybridized carbons (Fsp3) is 0.231. The monoisotopic (exact) mass is 229 g/mol. The van der Waals surface area contributed by atoms with E-state index in [0.717, 1.165) is 17.7 Å². The predicted molar refractivity (Wildman–Crippen MR) is 65.9 cm³/mol. The molecule has 1 unspecified atom stereocenters. The lowest BCUT2D eigenvalue weighted by molar-refractivity contribution is 0.440. The average Bonchev–Trinajstić information content (AvgIpc) is 2.32. The maximum Gasteiger partial charge on any atom is 0.321 e. The van der Waals surface area contributed by atoms with E-state index in [1.54, 1.807) is 12.4 Å². The van der Waals surface area contributed by atoms with Gasteiger partial charge in [-0.05, 0) is 31.0 Å². The summed E-state index contributed by atoms with van der Waals surface area (Å²) < 4.78 is 5.48. The Balaban J connectivity index is 2.03. The van der Waals surface area contributed by atoms with Gasteiger partial charge in [-0.15, -0.1) is 0 Å². The lowest BCUT2D eigenvalue weighted by atomic mass is 10.1. The van der Waals surface area contributed by atoms with Gasteiger partial charge in [-0.3, -0.25) is 0 Å². The minimum absolute atomic E-state index is 0.111. The molecule has 4 nitrogen and oxygen atoms in total. The van der Waals surface area contributed by atoms with Crippen LogP contribution in [0, 0.1) is 0 Å². The van der Waals surface area contributed by atoms with Crippen LogP contribution in [0.15, 0.2) is 42.7 Å². The number of rotatable bonds is 4. The molecular weight excluding hydrogens is 214 g/mol. The highest BCUT2D eigenvalue weighted by Crippen LogP contribution is 2.16. The van der Waals surface area contributed by atoms with E-state index in [1.165, 1.54) is 0 Å². The van der Waals surface area contributed by atoms with Crippen LogP contribution < -0.4 is 10.5 Å². The second-order valence-corrected chi connectivity index (χ2v) is 3.97. The van der Waals surface area contributed by atoms with Crippen molar-refractivity contribution in [1.29, 1.82) is 0 Å². The van der Waals surface area contributed by atoms with Gasteiger partial charge in [0.05, 0.1) is 0 Å². The van der Waals surface area contributed by atoms with Crippen LogP contribution in [0.25, 0.3) is 0 Å². The summed E-state index contributed by atoms with van der Waals surface area (Å²) in [5, 5.41) is 0. The van der Waals surface area contributed by atoms with Crippen LogP contribution in [-0.4, -0.2) is 16.0 Å². The fourth-order valence-corrected chi connectivity index (χ4v) is 1.47.